The second-order valence-corrected chi connectivity index (χ2v) is 3.88. The van der Waals surface area contributed by atoms with E-state index >= 15 is 0 Å². The molecule has 0 fully saturated rings. The summed E-state index contributed by atoms with van der Waals surface area (Å²) in [4.78, 5) is 9.47. The van der Waals surface area contributed by atoms with Gasteiger partial charge in [0.2, 0.25) is 0 Å². The van der Waals surface area contributed by atoms with E-state index in [-0.39, 0.29) is 9.35 Å². The predicted octanol–water partition coefficient (Wildman–Crippen LogP) is 3.34. The van der Waals surface area contributed by atoms with Crippen LogP contribution in [-0.2, 0) is 6.18 Å². The molecule has 0 saturated heterocycles. The molecule has 0 N–H and O–H groups in total. The van der Waals surface area contributed by atoms with E-state index < -0.39 is 11.1 Å². The van der Waals surface area contributed by atoms with Gasteiger partial charge in [-0.15, -0.1) is 11.3 Å². The van der Waals surface area contributed by atoms with Gasteiger partial charge >= 0.3 is 6.18 Å². The quantitative estimate of drug-likeness (QED) is 0.707. The van der Waals surface area contributed by atoms with Crippen LogP contribution in [0.4, 0.5) is 13.2 Å². The molecule has 0 aliphatic carbocycles. The summed E-state index contributed by atoms with van der Waals surface area (Å²) >= 11 is 3.28. The van der Waals surface area contributed by atoms with Crippen molar-refractivity contribution in [3.05, 3.63) is 20.3 Å². The summed E-state index contributed by atoms with van der Waals surface area (Å²) in [5.41, 5.74) is 0. The van der Waals surface area contributed by atoms with Crippen molar-refractivity contribution >= 4 is 33.6 Å². The van der Waals surface area contributed by atoms with Crippen LogP contribution in [-0.4, -0.2) is 6.29 Å². The molecule has 1 heterocycles. The molecule has 0 bridgehead atoms. The molecule has 0 saturated carbocycles. The van der Waals surface area contributed by atoms with Crippen LogP contribution < -0.4 is 0 Å². The number of thiophene rings is 1. The number of rotatable bonds is 1. The molecule has 66 valence electrons. The van der Waals surface area contributed by atoms with Gasteiger partial charge in [-0.2, -0.15) is 13.2 Å². The maximum absolute atomic E-state index is 12.0. The Morgan fingerprint density at radius 2 is 2.08 bits per heavy atom. The molecular formula is C6H2BrF3OS. The molecule has 1 rings (SSSR count). The van der Waals surface area contributed by atoms with Crippen molar-refractivity contribution in [3.63, 3.8) is 0 Å². The minimum absolute atomic E-state index is 0.0577. The minimum Gasteiger partial charge on any atom is -0.297 e. The minimum atomic E-state index is -4.37. The molecular weight excluding hydrogens is 257 g/mol. The normalized spacial score (nSPS) is 11.7. The van der Waals surface area contributed by atoms with Crippen molar-refractivity contribution in [3.8, 4) is 0 Å². The average molecular weight is 259 g/mol. The van der Waals surface area contributed by atoms with E-state index in [4.69, 9.17) is 0 Å². The molecule has 0 aliphatic heterocycles. The van der Waals surface area contributed by atoms with Crippen molar-refractivity contribution in [1.29, 1.82) is 0 Å². The van der Waals surface area contributed by atoms with Crippen molar-refractivity contribution in [2.45, 2.75) is 6.18 Å². The molecule has 0 radical (unpaired) electrons. The second-order valence-electron chi connectivity index (χ2n) is 1.94. The highest BCUT2D eigenvalue weighted by atomic mass is 79.9. The topological polar surface area (TPSA) is 17.1 Å². The zero-order chi connectivity index (χ0) is 9.35. The van der Waals surface area contributed by atoms with Gasteiger partial charge in [-0.05, 0) is 22.0 Å². The zero-order valence-corrected chi connectivity index (χ0v) is 7.89. The summed E-state index contributed by atoms with van der Waals surface area (Å²) in [6.07, 6.45) is -3.97. The Labute approximate surface area is 78.3 Å². The fraction of sp³-hybridized carbons (Fsp3) is 0.167. The largest absolute Gasteiger partial charge is 0.425 e. The van der Waals surface area contributed by atoms with E-state index in [2.05, 4.69) is 15.9 Å². The van der Waals surface area contributed by atoms with Crippen LogP contribution in [0.2, 0.25) is 0 Å². The van der Waals surface area contributed by atoms with Gasteiger partial charge < -0.3 is 0 Å². The summed E-state index contributed by atoms with van der Waals surface area (Å²) in [7, 11) is 0. The van der Waals surface area contributed by atoms with Gasteiger partial charge in [-0.3, -0.25) is 4.79 Å². The summed E-state index contributed by atoms with van der Waals surface area (Å²) in [5.74, 6) is 0. The number of carbonyl (C=O) groups excluding carboxylic acids is 1. The first-order valence-electron chi connectivity index (χ1n) is 2.77. The monoisotopic (exact) mass is 258 g/mol. The highest BCUT2D eigenvalue weighted by Gasteiger charge is 2.33. The maximum Gasteiger partial charge on any atom is 0.425 e. The zero-order valence-electron chi connectivity index (χ0n) is 5.48. The SMILES string of the molecule is O=Cc1sc(C(F)(F)F)cc1Br. The van der Waals surface area contributed by atoms with Crippen LogP contribution in [0.25, 0.3) is 0 Å². The number of alkyl halides is 3. The van der Waals surface area contributed by atoms with Crippen LogP contribution in [0.3, 0.4) is 0 Å². The van der Waals surface area contributed by atoms with Gasteiger partial charge in [0.1, 0.15) is 4.88 Å². The number of carbonyl (C=O) groups is 1. The summed E-state index contributed by atoms with van der Waals surface area (Å²) < 4.78 is 36.2. The van der Waals surface area contributed by atoms with E-state index in [0.29, 0.717) is 17.6 Å². The number of hydrogen-bond donors (Lipinski definition) is 0. The Balaban J connectivity index is 3.13. The molecule has 0 amide bonds. The van der Waals surface area contributed by atoms with Gasteiger partial charge in [-0.1, -0.05) is 0 Å². The highest BCUT2D eigenvalue weighted by Crippen LogP contribution is 2.37. The summed E-state index contributed by atoms with van der Waals surface area (Å²) in [5, 5.41) is 0. The van der Waals surface area contributed by atoms with E-state index in [1.54, 1.807) is 0 Å². The first kappa shape index (κ1) is 9.73. The van der Waals surface area contributed by atoms with Crippen molar-refractivity contribution in [2.75, 3.05) is 0 Å². The molecule has 12 heavy (non-hydrogen) atoms. The van der Waals surface area contributed by atoms with Crippen molar-refractivity contribution < 1.29 is 18.0 Å². The molecule has 1 nitrogen and oxygen atoms in total. The van der Waals surface area contributed by atoms with Crippen molar-refractivity contribution in [1.82, 2.24) is 0 Å². The lowest BCUT2D eigenvalue weighted by molar-refractivity contribution is -0.134. The lowest BCUT2D eigenvalue weighted by Crippen LogP contribution is -2.00. The van der Waals surface area contributed by atoms with Gasteiger partial charge in [0, 0.05) is 4.47 Å². The Bertz CT molecular complexity index is 304. The number of halogens is 4. The highest BCUT2D eigenvalue weighted by molar-refractivity contribution is 9.10. The van der Waals surface area contributed by atoms with Gasteiger partial charge in [0.25, 0.3) is 0 Å². The number of hydrogen-bond acceptors (Lipinski definition) is 2. The maximum atomic E-state index is 12.0. The Hall–Kier alpha value is -0.360. The lowest BCUT2D eigenvalue weighted by atomic mass is 10.4. The van der Waals surface area contributed by atoms with E-state index in [9.17, 15) is 18.0 Å². The molecule has 6 heteroatoms. The first-order chi connectivity index (χ1) is 5.45. The third-order valence-electron chi connectivity index (χ3n) is 1.10. The predicted molar refractivity (Wildman–Crippen MR) is 42.4 cm³/mol. The Kier molecular flexibility index (Phi) is 2.58. The van der Waals surface area contributed by atoms with E-state index in [1.807, 2.05) is 0 Å². The summed E-state index contributed by atoms with van der Waals surface area (Å²) in [6.45, 7) is 0. The Morgan fingerprint density at radius 3 is 2.33 bits per heavy atom. The third kappa shape index (κ3) is 1.87. The van der Waals surface area contributed by atoms with E-state index in [1.165, 1.54) is 0 Å². The Morgan fingerprint density at radius 1 is 1.50 bits per heavy atom. The molecule has 1 aromatic rings. The molecule has 0 aromatic carbocycles. The average Bonchev–Trinajstić information content (AvgIpc) is 2.29. The van der Waals surface area contributed by atoms with Crippen LogP contribution in [0.1, 0.15) is 14.5 Å². The fourth-order valence-electron chi connectivity index (χ4n) is 0.603. The van der Waals surface area contributed by atoms with Crippen LogP contribution in [0.15, 0.2) is 10.5 Å². The molecule has 0 aliphatic rings. The number of aldehydes is 1. The van der Waals surface area contributed by atoms with Crippen LogP contribution >= 0.6 is 27.3 Å². The first-order valence-corrected chi connectivity index (χ1v) is 4.38. The molecule has 0 unspecified atom stereocenters. The molecule has 0 spiro atoms. The van der Waals surface area contributed by atoms with Gasteiger partial charge in [0.15, 0.2) is 6.29 Å². The van der Waals surface area contributed by atoms with Crippen LogP contribution in [0, 0.1) is 0 Å². The molecule has 0 atom stereocenters. The second kappa shape index (κ2) is 3.18. The van der Waals surface area contributed by atoms with Gasteiger partial charge in [0.05, 0.1) is 4.88 Å². The van der Waals surface area contributed by atoms with Crippen molar-refractivity contribution in [2.24, 2.45) is 0 Å². The van der Waals surface area contributed by atoms with Gasteiger partial charge in [-0.25, -0.2) is 0 Å². The smallest absolute Gasteiger partial charge is 0.297 e. The fourth-order valence-corrected chi connectivity index (χ4v) is 2.05. The summed E-state index contributed by atoms with van der Waals surface area (Å²) in [6, 6.07) is 0.897. The standard InChI is InChI=1S/C6H2BrF3OS/c7-3-1-5(6(8,9)10)12-4(3)2-11/h1-2H. The van der Waals surface area contributed by atoms with E-state index in [0.717, 1.165) is 6.07 Å². The molecule has 1 aromatic heterocycles. The third-order valence-corrected chi connectivity index (χ3v) is 3.12. The lowest BCUT2D eigenvalue weighted by Gasteiger charge is -1.99. The van der Waals surface area contributed by atoms with Crippen LogP contribution in [0.5, 0.6) is 0 Å².